The highest BCUT2D eigenvalue weighted by atomic mass is 35.5. The Bertz CT molecular complexity index is 840. The van der Waals surface area contributed by atoms with Crippen molar-refractivity contribution in [1.29, 1.82) is 0 Å². The molecule has 0 aliphatic carbocycles. The van der Waals surface area contributed by atoms with E-state index in [0.29, 0.717) is 16.3 Å². The van der Waals surface area contributed by atoms with Gasteiger partial charge in [-0.05, 0) is 55.5 Å². The Labute approximate surface area is 140 Å². The maximum atomic E-state index is 12.1. The zero-order valence-corrected chi connectivity index (χ0v) is 13.4. The summed E-state index contributed by atoms with van der Waals surface area (Å²) in [5.74, 6) is 1.33. The maximum Gasteiger partial charge on any atom is 0.185 e. The number of rotatable bonds is 4. The van der Waals surface area contributed by atoms with Crippen molar-refractivity contribution in [2.24, 2.45) is 0 Å². The van der Waals surface area contributed by atoms with E-state index in [-0.39, 0.29) is 5.78 Å². The first-order valence-electron chi connectivity index (χ1n) is 7.27. The molecule has 0 saturated heterocycles. The standard InChI is InChI=1S/C20H15ClO2/c1-14-2-4-16(5-3-14)20-13-11-18(23-20)10-12-19(22)15-6-8-17(21)9-7-15/h2-13H,1H3/b12-10+. The molecule has 0 radical (unpaired) electrons. The van der Waals surface area contributed by atoms with Crippen LogP contribution in [0.15, 0.2) is 71.2 Å². The van der Waals surface area contributed by atoms with Gasteiger partial charge in [0.25, 0.3) is 0 Å². The average Bonchev–Trinajstić information content (AvgIpc) is 3.03. The lowest BCUT2D eigenvalue weighted by Crippen LogP contribution is -1.92. The number of carbonyl (C=O) groups is 1. The fraction of sp³-hybridized carbons (Fsp3) is 0.0500. The van der Waals surface area contributed by atoms with E-state index in [4.69, 9.17) is 16.0 Å². The molecule has 0 N–H and O–H groups in total. The summed E-state index contributed by atoms with van der Waals surface area (Å²) in [6, 6.07) is 18.7. The summed E-state index contributed by atoms with van der Waals surface area (Å²) in [7, 11) is 0. The molecule has 0 fully saturated rings. The Morgan fingerprint density at radius 1 is 0.957 bits per heavy atom. The highest BCUT2D eigenvalue weighted by molar-refractivity contribution is 6.30. The van der Waals surface area contributed by atoms with Gasteiger partial charge in [0.05, 0.1) is 0 Å². The molecule has 0 atom stereocenters. The van der Waals surface area contributed by atoms with Gasteiger partial charge in [-0.2, -0.15) is 0 Å². The van der Waals surface area contributed by atoms with Crippen molar-refractivity contribution in [2.75, 3.05) is 0 Å². The van der Waals surface area contributed by atoms with E-state index < -0.39 is 0 Å². The molecule has 0 saturated carbocycles. The summed E-state index contributed by atoms with van der Waals surface area (Å²) in [6.07, 6.45) is 3.18. The topological polar surface area (TPSA) is 30.2 Å². The molecule has 3 rings (SSSR count). The van der Waals surface area contributed by atoms with E-state index in [1.54, 1.807) is 30.3 Å². The van der Waals surface area contributed by atoms with Crippen molar-refractivity contribution in [3.05, 3.63) is 88.6 Å². The van der Waals surface area contributed by atoms with Gasteiger partial charge >= 0.3 is 0 Å². The smallest absolute Gasteiger partial charge is 0.185 e. The van der Waals surface area contributed by atoms with Crippen LogP contribution in [0.1, 0.15) is 21.7 Å². The summed E-state index contributed by atoms with van der Waals surface area (Å²) in [4.78, 5) is 12.1. The number of hydrogen-bond donors (Lipinski definition) is 0. The van der Waals surface area contributed by atoms with Crippen molar-refractivity contribution in [3.63, 3.8) is 0 Å². The van der Waals surface area contributed by atoms with Crippen LogP contribution in [0, 0.1) is 6.92 Å². The van der Waals surface area contributed by atoms with Crippen molar-refractivity contribution in [1.82, 2.24) is 0 Å². The van der Waals surface area contributed by atoms with E-state index in [1.807, 2.05) is 43.3 Å². The molecule has 1 heterocycles. The first-order chi connectivity index (χ1) is 11.1. The Morgan fingerprint density at radius 3 is 2.35 bits per heavy atom. The molecule has 23 heavy (non-hydrogen) atoms. The molecule has 0 bridgehead atoms. The molecule has 2 aromatic carbocycles. The van der Waals surface area contributed by atoms with Crippen LogP contribution in [0.25, 0.3) is 17.4 Å². The number of aryl methyl sites for hydroxylation is 1. The molecular weight excluding hydrogens is 308 g/mol. The number of halogens is 1. The second-order valence-corrected chi connectivity index (χ2v) is 5.71. The van der Waals surface area contributed by atoms with Gasteiger partial charge in [-0.25, -0.2) is 0 Å². The molecule has 0 aliphatic rings. The zero-order chi connectivity index (χ0) is 16.2. The van der Waals surface area contributed by atoms with Crippen LogP contribution in [0.5, 0.6) is 0 Å². The van der Waals surface area contributed by atoms with Crippen LogP contribution in [0.4, 0.5) is 0 Å². The van der Waals surface area contributed by atoms with Crippen LogP contribution in [0.3, 0.4) is 0 Å². The number of carbonyl (C=O) groups excluding carboxylic acids is 1. The third-order valence-corrected chi connectivity index (χ3v) is 3.74. The molecule has 0 amide bonds. The third kappa shape index (κ3) is 3.79. The van der Waals surface area contributed by atoms with Gasteiger partial charge in [0, 0.05) is 16.1 Å². The van der Waals surface area contributed by atoms with E-state index in [0.717, 1.165) is 11.3 Å². The average molecular weight is 323 g/mol. The van der Waals surface area contributed by atoms with E-state index in [9.17, 15) is 4.79 Å². The van der Waals surface area contributed by atoms with Gasteiger partial charge < -0.3 is 4.42 Å². The van der Waals surface area contributed by atoms with Crippen LogP contribution in [-0.4, -0.2) is 5.78 Å². The SMILES string of the molecule is Cc1ccc(-c2ccc(/C=C/C(=O)c3ccc(Cl)cc3)o2)cc1. The lowest BCUT2D eigenvalue weighted by molar-refractivity contribution is 0.104. The molecular formula is C20H15ClO2. The fourth-order valence-corrected chi connectivity index (χ4v) is 2.31. The summed E-state index contributed by atoms with van der Waals surface area (Å²) >= 11 is 5.82. The molecule has 0 spiro atoms. The second-order valence-electron chi connectivity index (χ2n) is 5.27. The zero-order valence-electron chi connectivity index (χ0n) is 12.6. The Morgan fingerprint density at radius 2 is 1.65 bits per heavy atom. The van der Waals surface area contributed by atoms with Gasteiger partial charge in [-0.15, -0.1) is 0 Å². The van der Waals surface area contributed by atoms with Crippen molar-refractivity contribution >= 4 is 23.5 Å². The monoisotopic (exact) mass is 322 g/mol. The van der Waals surface area contributed by atoms with E-state index in [2.05, 4.69) is 0 Å². The van der Waals surface area contributed by atoms with Crippen LogP contribution in [-0.2, 0) is 0 Å². The van der Waals surface area contributed by atoms with Crippen LogP contribution in [0.2, 0.25) is 5.02 Å². The predicted octanol–water partition coefficient (Wildman–Crippen LogP) is 5.80. The molecule has 2 nitrogen and oxygen atoms in total. The lowest BCUT2D eigenvalue weighted by Gasteiger charge is -1.97. The summed E-state index contributed by atoms with van der Waals surface area (Å²) in [6.45, 7) is 2.04. The Kier molecular flexibility index (Phi) is 4.45. The molecule has 3 heteroatoms. The van der Waals surface area contributed by atoms with Crippen molar-refractivity contribution in [2.45, 2.75) is 6.92 Å². The maximum absolute atomic E-state index is 12.1. The number of furan rings is 1. The lowest BCUT2D eigenvalue weighted by atomic mass is 10.1. The largest absolute Gasteiger partial charge is 0.457 e. The van der Waals surface area contributed by atoms with Gasteiger partial charge in [-0.1, -0.05) is 41.4 Å². The van der Waals surface area contributed by atoms with E-state index in [1.165, 1.54) is 11.6 Å². The number of benzene rings is 2. The highest BCUT2D eigenvalue weighted by Gasteiger charge is 2.04. The fourth-order valence-electron chi connectivity index (χ4n) is 2.18. The minimum Gasteiger partial charge on any atom is -0.457 e. The first kappa shape index (κ1) is 15.3. The van der Waals surface area contributed by atoms with Crippen molar-refractivity contribution < 1.29 is 9.21 Å². The molecule has 0 unspecified atom stereocenters. The highest BCUT2D eigenvalue weighted by Crippen LogP contribution is 2.23. The molecule has 114 valence electrons. The first-order valence-corrected chi connectivity index (χ1v) is 7.64. The predicted molar refractivity (Wildman–Crippen MR) is 93.7 cm³/mol. The van der Waals surface area contributed by atoms with Crippen LogP contribution >= 0.6 is 11.6 Å². The third-order valence-electron chi connectivity index (χ3n) is 3.49. The number of ketones is 1. The minimum atomic E-state index is -0.0880. The Hall–Kier alpha value is -2.58. The van der Waals surface area contributed by atoms with Crippen LogP contribution < -0.4 is 0 Å². The second kappa shape index (κ2) is 6.67. The molecule has 3 aromatic rings. The van der Waals surface area contributed by atoms with Crippen molar-refractivity contribution in [3.8, 4) is 11.3 Å². The van der Waals surface area contributed by atoms with Gasteiger partial charge in [0.2, 0.25) is 0 Å². The van der Waals surface area contributed by atoms with Gasteiger partial charge in [-0.3, -0.25) is 4.79 Å². The quantitative estimate of drug-likeness (QED) is 0.448. The normalized spacial score (nSPS) is 11.0. The number of hydrogen-bond acceptors (Lipinski definition) is 2. The summed E-state index contributed by atoms with van der Waals surface area (Å²) in [5, 5.41) is 0.610. The van der Waals surface area contributed by atoms with E-state index >= 15 is 0 Å². The number of allylic oxidation sites excluding steroid dienone is 1. The minimum absolute atomic E-state index is 0.0880. The van der Waals surface area contributed by atoms with Gasteiger partial charge in [0.1, 0.15) is 11.5 Å². The van der Waals surface area contributed by atoms with Gasteiger partial charge in [0.15, 0.2) is 5.78 Å². The summed E-state index contributed by atoms with van der Waals surface area (Å²) < 4.78 is 5.75. The summed E-state index contributed by atoms with van der Waals surface area (Å²) in [5.41, 5.74) is 2.81. The molecule has 0 aliphatic heterocycles. The molecule has 1 aromatic heterocycles. The Balaban J connectivity index is 1.74.